The predicted octanol–water partition coefficient (Wildman–Crippen LogP) is 4.32. The number of carbonyl (C=O) groups is 2. The summed E-state index contributed by atoms with van der Waals surface area (Å²) in [6.45, 7) is 4.78. The molecule has 1 aromatic heterocycles. The Kier molecular flexibility index (Phi) is 6.07. The highest BCUT2D eigenvalue weighted by Gasteiger charge is 2.33. The molecule has 6 nitrogen and oxygen atoms in total. The van der Waals surface area contributed by atoms with Crippen molar-refractivity contribution in [3.63, 3.8) is 0 Å². The highest BCUT2D eigenvalue weighted by atomic mass is 32.1. The lowest BCUT2D eigenvalue weighted by atomic mass is 10.00. The molecule has 0 saturated carbocycles. The second kappa shape index (κ2) is 9.10. The van der Waals surface area contributed by atoms with Gasteiger partial charge in [0.05, 0.1) is 29.2 Å². The van der Waals surface area contributed by atoms with Crippen molar-refractivity contribution < 1.29 is 9.59 Å². The van der Waals surface area contributed by atoms with Crippen LogP contribution < -0.4 is 10.2 Å². The van der Waals surface area contributed by atoms with Crippen LogP contribution in [0.2, 0.25) is 0 Å². The summed E-state index contributed by atoms with van der Waals surface area (Å²) in [5, 5.41) is 6.71. The first-order chi connectivity index (χ1) is 15.2. The third kappa shape index (κ3) is 4.27. The third-order valence-electron chi connectivity index (χ3n) is 6.77. The molecule has 0 spiro atoms. The number of piperidine rings is 2. The number of hydrogen-bond acceptors (Lipinski definition) is 5. The van der Waals surface area contributed by atoms with Crippen molar-refractivity contribution in [1.29, 1.82) is 0 Å². The highest BCUT2D eigenvalue weighted by Crippen LogP contribution is 2.39. The Morgan fingerprint density at radius 2 is 1.81 bits per heavy atom. The number of rotatable bonds is 4. The number of fused-ring (bicyclic) bond motifs is 2. The van der Waals surface area contributed by atoms with Gasteiger partial charge in [0.1, 0.15) is 0 Å². The standard InChI is InChI=1S/C24H30N4O2S/c29-23(15-27-13-7-4-8-18(27)14-26-11-5-1-6-12-26)28-21-10-3-2-9-20(21)25-24(30)19-16-31-17-22(19)28/h2-3,9-10,16-18H,1,4-8,11-15H2,(H,25,30). The van der Waals surface area contributed by atoms with Crippen molar-refractivity contribution in [1.82, 2.24) is 9.80 Å². The van der Waals surface area contributed by atoms with Gasteiger partial charge in [-0.15, -0.1) is 11.3 Å². The minimum absolute atomic E-state index is 0.0362. The lowest BCUT2D eigenvalue weighted by Gasteiger charge is -2.40. The molecule has 4 heterocycles. The lowest BCUT2D eigenvalue weighted by molar-refractivity contribution is -0.120. The summed E-state index contributed by atoms with van der Waals surface area (Å²) >= 11 is 1.46. The quantitative estimate of drug-likeness (QED) is 0.773. The minimum atomic E-state index is -0.153. The molecular formula is C24H30N4O2S. The molecule has 5 rings (SSSR count). The number of carbonyl (C=O) groups excluding carboxylic acids is 2. The molecule has 1 N–H and O–H groups in total. The zero-order chi connectivity index (χ0) is 21.2. The van der Waals surface area contributed by atoms with E-state index in [1.807, 2.05) is 35.0 Å². The van der Waals surface area contributed by atoms with E-state index in [-0.39, 0.29) is 11.8 Å². The summed E-state index contributed by atoms with van der Waals surface area (Å²) < 4.78 is 0. The van der Waals surface area contributed by atoms with E-state index >= 15 is 0 Å². The maximum Gasteiger partial charge on any atom is 0.258 e. The van der Waals surface area contributed by atoms with Crippen LogP contribution in [-0.4, -0.2) is 60.4 Å². The van der Waals surface area contributed by atoms with Gasteiger partial charge >= 0.3 is 0 Å². The van der Waals surface area contributed by atoms with Crippen molar-refractivity contribution >= 4 is 40.2 Å². The molecule has 1 atom stereocenters. The van der Waals surface area contributed by atoms with Crippen molar-refractivity contribution in [3.8, 4) is 0 Å². The summed E-state index contributed by atoms with van der Waals surface area (Å²) in [6, 6.07) is 8.02. The van der Waals surface area contributed by atoms with E-state index in [1.165, 1.54) is 50.1 Å². The van der Waals surface area contributed by atoms with Crippen LogP contribution in [0.4, 0.5) is 17.1 Å². The Balaban J connectivity index is 1.39. The molecule has 2 saturated heterocycles. The fourth-order valence-corrected chi connectivity index (χ4v) is 5.95. The Labute approximate surface area is 187 Å². The maximum atomic E-state index is 13.7. The first-order valence-electron chi connectivity index (χ1n) is 11.5. The Morgan fingerprint density at radius 1 is 1.00 bits per heavy atom. The number of thiophene rings is 1. The average Bonchev–Trinajstić information content (AvgIpc) is 3.23. The highest BCUT2D eigenvalue weighted by molar-refractivity contribution is 7.08. The van der Waals surface area contributed by atoms with Crippen molar-refractivity contribution in [2.75, 3.05) is 42.9 Å². The molecule has 3 aliphatic heterocycles. The molecule has 7 heteroatoms. The summed E-state index contributed by atoms with van der Waals surface area (Å²) in [4.78, 5) is 33.1. The molecule has 1 unspecified atom stereocenters. The van der Waals surface area contributed by atoms with E-state index in [0.29, 0.717) is 29.5 Å². The van der Waals surface area contributed by atoms with Crippen LogP contribution in [0.3, 0.4) is 0 Å². The van der Waals surface area contributed by atoms with E-state index in [1.54, 1.807) is 4.90 Å². The van der Waals surface area contributed by atoms with Crippen LogP contribution in [-0.2, 0) is 4.79 Å². The molecule has 31 heavy (non-hydrogen) atoms. The number of hydrogen-bond donors (Lipinski definition) is 1. The monoisotopic (exact) mass is 438 g/mol. The second-order valence-electron chi connectivity index (χ2n) is 8.85. The topological polar surface area (TPSA) is 55.9 Å². The molecule has 2 amide bonds. The molecule has 0 bridgehead atoms. The van der Waals surface area contributed by atoms with Gasteiger partial charge in [0, 0.05) is 23.3 Å². The Hall–Kier alpha value is -2.22. The molecule has 2 fully saturated rings. The zero-order valence-corrected chi connectivity index (χ0v) is 18.7. The van der Waals surface area contributed by atoms with Crippen LogP contribution >= 0.6 is 11.3 Å². The van der Waals surface area contributed by atoms with Crippen LogP contribution in [0.15, 0.2) is 35.0 Å². The van der Waals surface area contributed by atoms with Crippen LogP contribution in [0, 0.1) is 0 Å². The van der Waals surface area contributed by atoms with E-state index < -0.39 is 0 Å². The minimum Gasteiger partial charge on any atom is -0.320 e. The number of anilines is 3. The molecule has 3 aliphatic rings. The first kappa shape index (κ1) is 20.7. The summed E-state index contributed by atoms with van der Waals surface area (Å²) in [5.41, 5.74) is 2.70. The van der Waals surface area contributed by atoms with E-state index in [4.69, 9.17) is 0 Å². The first-order valence-corrected chi connectivity index (χ1v) is 12.4. The fourth-order valence-electron chi connectivity index (χ4n) is 5.16. The van der Waals surface area contributed by atoms with Gasteiger partial charge in [-0.25, -0.2) is 0 Å². The van der Waals surface area contributed by atoms with Gasteiger partial charge in [0.25, 0.3) is 5.91 Å². The molecule has 2 aromatic rings. The number of benzene rings is 1. The number of nitrogens with one attached hydrogen (secondary N) is 1. The number of amides is 2. The van der Waals surface area contributed by atoms with Gasteiger partial charge in [0.15, 0.2) is 0 Å². The van der Waals surface area contributed by atoms with Crippen molar-refractivity contribution in [2.24, 2.45) is 0 Å². The number of likely N-dealkylation sites (tertiary alicyclic amines) is 2. The largest absolute Gasteiger partial charge is 0.320 e. The number of nitrogens with zero attached hydrogens (tertiary/aromatic N) is 3. The number of para-hydroxylation sites is 2. The fraction of sp³-hybridized carbons (Fsp3) is 0.500. The second-order valence-corrected chi connectivity index (χ2v) is 9.60. The Morgan fingerprint density at radius 3 is 2.68 bits per heavy atom. The predicted molar refractivity (Wildman–Crippen MR) is 125 cm³/mol. The molecule has 0 radical (unpaired) electrons. The van der Waals surface area contributed by atoms with Crippen LogP contribution in [0.5, 0.6) is 0 Å². The summed E-state index contributed by atoms with van der Waals surface area (Å²) in [5.74, 6) is -0.117. The van der Waals surface area contributed by atoms with Crippen LogP contribution in [0.25, 0.3) is 0 Å². The summed E-state index contributed by atoms with van der Waals surface area (Å²) in [6.07, 6.45) is 7.46. The van der Waals surface area contributed by atoms with E-state index in [0.717, 1.165) is 31.6 Å². The Bertz CT molecular complexity index is 953. The lowest BCUT2D eigenvalue weighted by Crippen LogP contribution is -2.51. The van der Waals surface area contributed by atoms with Gasteiger partial charge in [-0.3, -0.25) is 19.4 Å². The van der Waals surface area contributed by atoms with Gasteiger partial charge in [-0.05, 0) is 57.5 Å². The third-order valence-corrected chi connectivity index (χ3v) is 7.51. The SMILES string of the molecule is O=C1Nc2ccccc2N(C(=O)CN2CCCCC2CN2CCCCC2)c2cscc21. The maximum absolute atomic E-state index is 13.7. The van der Waals surface area contributed by atoms with Gasteiger partial charge in [0.2, 0.25) is 5.91 Å². The molecule has 0 aliphatic carbocycles. The van der Waals surface area contributed by atoms with E-state index in [9.17, 15) is 9.59 Å². The molecule has 1 aromatic carbocycles. The van der Waals surface area contributed by atoms with Crippen molar-refractivity contribution in [2.45, 2.75) is 44.6 Å². The van der Waals surface area contributed by atoms with Crippen molar-refractivity contribution in [3.05, 3.63) is 40.6 Å². The average molecular weight is 439 g/mol. The smallest absolute Gasteiger partial charge is 0.258 e. The zero-order valence-electron chi connectivity index (χ0n) is 17.9. The van der Waals surface area contributed by atoms with Gasteiger partial charge < -0.3 is 10.2 Å². The molecule has 164 valence electrons. The van der Waals surface area contributed by atoms with Gasteiger partial charge in [-0.2, -0.15) is 0 Å². The molecular weight excluding hydrogens is 408 g/mol. The van der Waals surface area contributed by atoms with Crippen LogP contribution in [0.1, 0.15) is 48.9 Å². The van der Waals surface area contributed by atoms with Gasteiger partial charge in [-0.1, -0.05) is 25.0 Å². The normalized spacial score (nSPS) is 22.4. The summed E-state index contributed by atoms with van der Waals surface area (Å²) in [7, 11) is 0. The van der Waals surface area contributed by atoms with E-state index in [2.05, 4.69) is 15.1 Å².